The average molecular weight is 166 g/mol. The van der Waals surface area contributed by atoms with Gasteiger partial charge < -0.3 is 5.11 Å². The standard InChI is InChI=1S/C10H14O2/c1-2-3-8-4-6-9(7-5-8)10(11)12/h4,6-8H,2-3,5H2,1H3,(H,11,12). The lowest BCUT2D eigenvalue weighted by molar-refractivity contribution is -0.132. The third-order valence-corrected chi connectivity index (χ3v) is 2.09. The van der Waals surface area contributed by atoms with E-state index in [1.165, 1.54) is 0 Å². The predicted octanol–water partition coefficient (Wildman–Crippen LogP) is 2.37. The van der Waals surface area contributed by atoms with Crippen LogP contribution in [0.3, 0.4) is 0 Å². The molecule has 12 heavy (non-hydrogen) atoms. The predicted molar refractivity (Wildman–Crippen MR) is 47.9 cm³/mol. The van der Waals surface area contributed by atoms with Crippen molar-refractivity contribution in [3.8, 4) is 0 Å². The first-order valence-electron chi connectivity index (χ1n) is 4.35. The Labute approximate surface area is 72.6 Å². The molecule has 1 aliphatic carbocycles. The van der Waals surface area contributed by atoms with Crippen LogP contribution in [0.1, 0.15) is 26.2 Å². The fourth-order valence-corrected chi connectivity index (χ4v) is 1.41. The number of carbonyl (C=O) groups is 1. The van der Waals surface area contributed by atoms with Crippen LogP contribution in [0, 0.1) is 5.92 Å². The Balaban J connectivity index is 2.49. The zero-order valence-corrected chi connectivity index (χ0v) is 7.29. The van der Waals surface area contributed by atoms with Gasteiger partial charge in [0.05, 0.1) is 5.57 Å². The average Bonchev–Trinajstić information content (AvgIpc) is 2.06. The first-order valence-corrected chi connectivity index (χ1v) is 4.35. The molecule has 1 N–H and O–H groups in total. The minimum Gasteiger partial charge on any atom is -0.478 e. The normalized spacial score (nSPS) is 22.1. The summed E-state index contributed by atoms with van der Waals surface area (Å²) >= 11 is 0. The highest BCUT2D eigenvalue weighted by atomic mass is 16.4. The van der Waals surface area contributed by atoms with Crippen molar-refractivity contribution in [3.05, 3.63) is 23.8 Å². The number of rotatable bonds is 3. The summed E-state index contributed by atoms with van der Waals surface area (Å²) in [6.07, 6.45) is 8.72. The van der Waals surface area contributed by atoms with Gasteiger partial charge in [-0.25, -0.2) is 4.79 Å². The van der Waals surface area contributed by atoms with Crippen molar-refractivity contribution in [1.29, 1.82) is 0 Å². The van der Waals surface area contributed by atoms with Crippen molar-refractivity contribution in [2.75, 3.05) is 0 Å². The SMILES string of the molecule is CCCC1C=CC(C(=O)O)=CC1. The number of allylic oxidation sites excluding steroid dienone is 2. The van der Waals surface area contributed by atoms with E-state index in [1.807, 2.05) is 12.2 Å². The maximum atomic E-state index is 10.5. The van der Waals surface area contributed by atoms with Crippen LogP contribution in [0.5, 0.6) is 0 Å². The molecule has 1 rings (SSSR count). The highest BCUT2D eigenvalue weighted by molar-refractivity contribution is 5.90. The molecule has 0 saturated heterocycles. The van der Waals surface area contributed by atoms with E-state index in [2.05, 4.69) is 6.92 Å². The van der Waals surface area contributed by atoms with Gasteiger partial charge in [-0.05, 0) is 18.8 Å². The zero-order valence-electron chi connectivity index (χ0n) is 7.29. The summed E-state index contributed by atoms with van der Waals surface area (Å²) in [6.45, 7) is 2.14. The molecule has 2 heteroatoms. The van der Waals surface area contributed by atoms with Gasteiger partial charge >= 0.3 is 5.97 Å². The molecule has 1 aliphatic rings. The number of hydrogen-bond donors (Lipinski definition) is 1. The van der Waals surface area contributed by atoms with Gasteiger partial charge in [0.25, 0.3) is 0 Å². The molecule has 0 heterocycles. The van der Waals surface area contributed by atoms with Gasteiger partial charge in [-0.3, -0.25) is 0 Å². The van der Waals surface area contributed by atoms with Crippen LogP contribution >= 0.6 is 0 Å². The van der Waals surface area contributed by atoms with Crippen LogP contribution in [0.25, 0.3) is 0 Å². The monoisotopic (exact) mass is 166 g/mol. The second-order valence-electron chi connectivity index (χ2n) is 3.11. The van der Waals surface area contributed by atoms with Crippen LogP contribution in [-0.2, 0) is 4.79 Å². The first-order chi connectivity index (χ1) is 5.74. The highest BCUT2D eigenvalue weighted by Gasteiger charge is 2.11. The van der Waals surface area contributed by atoms with Crippen molar-refractivity contribution in [2.45, 2.75) is 26.2 Å². The van der Waals surface area contributed by atoms with Gasteiger partial charge in [0.1, 0.15) is 0 Å². The maximum Gasteiger partial charge on any atom is 0.335 e. The molecular weight excluding hydrogens is 152 g/mol. The summed E-state index contributed by atoms with van der Waals surface area (Å²) in [5, 5.41) is 8.63. The lowest BCUT2D eigenvalue weighted by Crippen LogP contribution is -2.05. The topological polar surface area (TPSA) is 37.3 Å². The Kier molecular flexibility index (Phi) is 3.09. The van der Waals surface area contributed by atoms with Crippen LogP contribution in [0.4, 0.5) is 0 Å². The molecule has 0 radical (unpaired) electrons. The van der Waals surface area contributed by atoms with E-state index in [9.17, 15) is 4.79 Å². The molecule has 0 aromatic heterocycles. The molecule has 0 saturated carbocycles. The van der Waals surface area contributed by atoms with E-state index in [0.717, 1.165) is 19.3 Å². The lowest BCUT2D eigenvalue weighted by Gasteiger charge is -2.12. The van der Waals surface area contributed by atoms with E-state index < -0.39 is 5.97 Å². The first kappa shape index (κ1) is 9.04. The van der Waals surface area contributed by atoms with Gasteiger partial charge in [-0.1, -0.05) is 31.6 Å². The molecule has 0 aromatic rings. The van der Waals surface area contributed by atoms with Gasteiger partial charge in [0.15, 0.2) is 0 Å². The minimum atomic E-state index is -0.818. The Hall–Kier alpha value is -1.05. The molecule has 0 bridgehead atoms. The lowest BCUT2D eigenvalue weighted by atomic mass is 9.93. The van der Waals surface area contributed by atoms with Crippen LogP contribution in [0.2, 0.25) is 0 Å². The number of hydrogen-bond acceptors (Lipinski definition) is 1. The Morgan fingerprint density at radius 1 is 1.75 bits per heavy atom. The van der Waals surface area contributed by atoms with E-state index >= 15 is 0 Å². The van der Waals surface area contributed by atoms with E-state index in [1.54, 1.807) is 6.08 Å². The fraction of sp³-hybridized carbons (Fsp3) is 0.500. The Morgan fingerprint density at radius 2 is 2.50 bits per heavy atom. The van der Waals surface area contributed by atoms with Crippen molar-refractivity contribution in [1.82, 2.24) is 0 Å². The number of aliphatic carboxylic acids is 1. The van der Waals surface area contributed by atoms with Gasteiger partial charge in [0, 0.05) is 0 Å². The zero-order chi connectivity index (χ0) is 8.97. The third-order valence-electron chi connectivity index (χ3n) is 2.09. The molecule has 0 amide bonds. The van der Waals surface area contributed by atoms with Crippen molar-refractivity contribution < 1.29 is 9.90 Å². The van der Waals surface area contributed by atoms with Crippen LogP contribution in [-0.4, -0.2) is 11.1 Å². The molecule has 0 fully saturated rings. The second-order valence-corrected chi connectivity index (χ2v) is 3.11. The van der Waals surface area contributed by atoms with Gasteiger partial charge in [-0.15, -0.1) is 0 Å². The fourth-order valence-electron chi connectivity index (χ4n) is 1.41. The van der Waals surface area contributed by atoms with Crippen molar-refractivity contribution in [3.63, 3.8) is 0 Å². The molecule has 66 valence electrons. The van der Waals surface area contributed by atoms with Crippen LogP contribution < -0.4 is 0 Å². The molecule has 0 spiro atoms. The third kappa shape index (κ3) is 2.22. The van der Waals surface area contributed by atoms with E-state index in [0.29, 0.717) is 11.5 Å². The summed E-state index contributed by atoms with van der Waals surface area (Å²) in [6, 6.07) is 0. The summed E-state index contributed by atoms with van der Waals surface area (Å²) in [5.41, 5.74) is 0.433. The maximum absolute atomic E-state index is 10.5. The molecule has 0 aliphatic heterocycles. The number of carboxylic acid groups (broad SMARTS) is 1. The molecule has 0 aromatic carbocycles. The van der Waals surface area contributed by atoms with Gasteiger partial charge in [-0.2, -0.15) is 0 Å². The largest absolute Gasteiger partial charge is 0.478 e. The summed E-state index contributed by atoms with van der Waals surface area (Å²) in [4.78, 5) is 10.5. The number of carboxylic acids is 1. The summed E-state index contributed by atoms with van der Waals surface area (Å²) in [5.74, 6) is -0.265. The van der Waals surface area contributed by atoms with Crippen LogP contribution in [0.15, 0.2) is 23.8 Å². The highest BCUT2D eigenvalue weighted by Crippen LogP contribution is 2.20. The van der Waals surface area contributed by atoms with Gasteiger partial charge in [0.2, 0.25) is 0 Å². The summed E-state index contributed by atoms with van der Waals surface area (Å²) in [7, 11) is 0. The minimum absolute atomic E-state index is 0.433. The molecule has 1 unspecified atom stereocenters. The molecule has 1 atom stereocenters. The van der Waals surface area contributed by atoms with E-state index in [4.69, 9.17) is 5.11 Å². The molecular formula is C10H14O2. The second kappa shape index (κ2) is 4.10. The Morgan fingerprint density at radius 3 is 2.92 bits per heavy atom. The van der Waals surface area contributed by atoms with E-state index in [-0.39, 0.29) is 0 Å². The quantitative estimate of drug-likeness (QED) is 0.698. The van der Waals surface area contributed by atoms with Crippen molar-refractivity contribution >= 4 is 5.97 Å². The summed E-state index contributed by atoms with van der Waals surface area (Å²) < 4.78 is 0. The molecule has 2 nitrogen and oxygen atoms in total. The Bertz CT molecular complexity index is 226. The van der Waals surface area contributed by atoms with Crippen molar-refractivity contribution in [2.24, 2.45) is 5.92 Å². The smallest absolute Gasteiger partial charge is 0.335 e.